The molecule has 7 nitrogen and oxygen atoms in total. The number of piperidine rings is 1. The molecule has 1 aliphatic rings. The number of nitrogens with zero attached hydrogens (tertiary/aromatic N) is 4. The highest BCUT2D eigenvalue weighted by Gasteiger charge is 2.30. The van der Waals surface area contributed by atoms with Crippen molar-refractivity contribution in [2.75, 3.05) is 24.2 Å². The van der Waals surface area contributed by atoms with Gasteiger partial charge in [-0.2, -0.15) is 15.0 Å². The number of nitrogen functional groups attached to an aromatic ring is 1. The Kier molecular flexibility index (Phi) is 3.81. The molecule has 0 radical (unpaired) electrons. The number of hydrogen-bond acceptors (Lipinski definition) is 6. The van der Waals surface area contributed by atoms with E-state index < -0.39 is 0 Å². The smallest absolute Gasteiger partial charge is 0.242 e. The van der Waals surface area contributed by atoms with Gasteiger partial charge in [-0.15, -0.1) is 0 Å². The minimum atomic E-state index is -0.276. The molecule has 0 spiro atoms. The van der Waals surface area contributed by atoms with Gasteiger partial charge in [-0.1, -0.05) is 0 Å². The molecule has 1 saturated heterocycles. The summed E-state index contributed by atoms with van der Waals surface area (Å²) in [5.41, 5.74) is 5.55. The lowest BCUT2D eigenvalue weighted by Crippen LogP contribution is -2.49. The van der Waals surface area contributed by atoms with Crippen LogP contribution >= 0.6 is 11.6 Å². The highest BCUT2D eigenvalue weighted by atomic mass is 35.5. The van der Waals surface area contributed by atoms with E-state index in [2.05, 4.69) is 20.3 Å². The molecular weight excluding hydrogens is 256 g/mol. The molecule has 1 atom stereocenters. The van der Waals surface area contributed by atoms with Crippen LogP contribution in [0.5, 0.6) is 0 Å². The third kappa shape index (κ3) is 2.61. The fraction of sp³-hybridized carbons (Fsp3) is 0.600. The highest BCUT2D eigenvalue weighted by Crippen LogP contribution is 2.23. The maximum Gasteiger partial charge on any atom is 0.242 e. The van der Waals surface area contributed by atoms with E-state index in [0.29, 0.717) is 12.5 Å². The molecule has 0 saturated carbocycles. The standard InChI is InChI=1S/C10H15ClN6O/c1-13-7(18)6-4-2-3-5-17(6)10-15-8(11)14-9(12)16-10/h6H,2-5H2,1H3,(H,13,18)(H2,12,14,15,16). The monoisotopic (exact) mass is 270 g/mol. The minimum absolute atomic E-state index is 0.0405. The van der Waals surface area contributed by atoms with Crippen molar-refractivity contribution in [2.24, 2.45) is 0 Å². The first-order chi connectivity index (χ1) is 8.61. The Hall–Kier alpha value is -1.63. The lowest BCUT2D eigenvalue weighted by atomic mass is 10.0. The first kappa shape index (κ1) is 12.8. The number of anilines is 2. The summed E-state index contributed by atoms with van der Waals surface area (Å²) in [7, 11) is 1.61. The number of nitrogens with two attached hydrogens (primary N) is 1. The molecule has 1 aromatic heterocycles. The predicted molar refractivity (Wildman–Crippen MR) is 68.3 cm³/mol. The van der Waals surface area contributed by atoms with Crippen molar-refractivity contribution in [3.63, 3.8) is 0 Å². The minimum Gasteiger partial charge on any atom is -0.368 e. The molecule has 0 aromatic carbocycles. The van der Waals surface area contributed by atoms with Gasteiger partial charge in [-0.3, -0.25) is 4.79 Å². The zero-order valence-electron chi connectivity index (χ0n) is 10.1. The number of aromatic nitrogens is 3. The number of hydrogen-bond donors (Lipinski definition) is 2. The molecule has 1 fully saturated rings. The molecule has 1 amide bonds. The number of halogens is 1. The van der Waals surface area contributed by atoms with Gasteiger partial charge in [0.2, 0.25) is 23.1 Å². The van der Waals surface area contributed by atoms with E-state index in [4.69, 9.17) is 17.3 Å². The van der Waals surface area contributed by atoms with Gasteiger partial charge in [0.25, 0.3) is 0 Å². The van der Waals surface area contributed by atoms with Crippen LogP contribution in [0, 0.1) is 0 Å². The largest absolute Gasteiger partial charge is 0.368 e. The number of nitrogens with one attached hydrogen (secondary N) is 1. The summed E-state index contributed by atoms with van der Waals surface area (Å²) < 4.78 is 0. The Morgan fingerprint density at radius 3 is 2.89 bits per heavy atom. The molecule has 0 aliphatic carbocycles. The van der Waals surface area contributed by atoms with E-state index in [0.717, 1.165) is 19.3 Å². The third-order valence-electron chi connectivity index (χ3n) is 2.92. The second-order valence-corrected chi connectivity index (χ2v) is 4.42. The first-order valence-electron chi connectivity index (χ1n) is 5.77. The van der Waals surface area contributed by atoms with Crippen LogP contribution < -0.4 is 16.0 Å². The summed E-state index contributed by atoms with van der Waals surface area (Å²) in [4.78, 5) is 25.4. The zero-order chi connectivity index (χ0) is 13.1. The van der Waals surface area contributed by atoms with Crippen LogP contribution in [0.15, 0.2) is 0 Å². The molecule has 1 unspecified atom stereocenters. The van der Waals surface area contributed by atoms with E-state index in [1.54, 1.807) is 7.05 Å². The topological polar surface area (TPSA) is 97.0 Å². The fourth-order valence-electron chi connectivity index (χ4n) is 2.09. The molecule has 2 heterocycles. The van der Waals surface area contributed by atoms with Crippen LogP contribution in [0.4, 0.5) is 11.9 Å². The predicted octanol–water partition coefficient (Wildman–Crippen LogP) is 0.212. The van der Waals surface area contributed by atoms with Crippen LogP contribution in [0.1, 0.15) is 19.3 Å². The Morgan fingerprint density at radius 2 is 2.22 bits per heavy atom. The van der Waals surface area contributed by atoms with E-state index in [9.17, 15) is 4.79 Å². The van der Waals surface area contributed by atoms with E-state index in [1.807, 2.05) is 4.90 Å². The second kappa shape index (κ2) is 5.34. The molecule has 0 bridgehead atoms. The van der Waals surface area contributed by atoms with E-state index >= 15 is 0 Å². The third-order valence-corrected chi connectivity index (χ3v) is 3.09. The van der Waals surface area contributed by atoms with Crippen molar-refractivity contribution in [1.82, 2.24) is 20.3 Å². The summed E-state index contributed by atoms with van der Waals surface area (Å²) in [6, 6.07) is -0.276. The van der Waals surface area contributed by atoms with Crippen LogP contribution in [0.25, 0.3) is 0 Å². The lowest BCUT2D eigenvalue weighted by Gasteiger charge is -2.34. The Bertz CT molecular complexity index is 434. The van der Waals surface area contributed by atoms with Gasteiger partial charge in [0.05, 0.1) is 0 Å². The van der Waals surface area contributed by atoms with Crippen molar-refractivity contribution in [1.29, 1.82) is 0 Å². The van der Waals surface area contributed by atoms with Crippen LogP contribution in [0.2, 0.25) is 5.28 Å². The molecule has 1 aromatic rings. The van der Waals surface area contributed by atoms with E-state index in [1.165, 1.54) is 0 Å². The van der Waals surface area contributed by atoms with Crippen LogP contribution in [-0.4, -0.2) is 40.5 Å². The van der Waals surface area contributed by atoms with Gasteiger partial charge in [0.1, 0.15) is 6.04 Å². The highest BCUT2D eigenvalue weighted by molar-refractivity contribution is 6.28. The summed E-state index contributed by atoms with van der Waals surface area (Å²) in [5, 5.41) is 2.69. The maximum atomic E-state index is 11.8. The Morgan fingerprint density at radius 1 is 1.44 bits per heavy atom. The number of rotatable bonds is 2. The van der Waals surface area contributed by atoms with Crippen molar-refractivity contribution in [3.05, 3.63) is 5.28 Å². The molecule has 1 aliphatic heterocycles. The summed E-state index contributed by atoms with van der Waals surface area (Å²) in [6.07, 6.45) is 2.75. The van der Waals surface area contributed by atoms with Gasteiger partial charge in [-0.05, 0) is 30.9 Å². The average molecular weight is 271 g/mol. The van der Waals surface area contributed by atoms with E-state index in [-0.39, 0.29) is 23.2 Å². The Labute approximate surface area is 110 Å². The maximum absolute atomic E-state index is 11.8. The van der Waals surface area contributed by atoms with Crippen molar-refractivity contribution in [3.8, 4) is 0 Å². The Balaban J connectivity index is 2.30. The van der Waals surface area contributed by atoms with Crippen molar-refractivity contribution >= 4 is 29.4 Å². The normalized spacial score (nSPS) is 19.7. The molecule has 2 rings (SSSR count). The lowest BCUT2D eigenvalue weighted by molar-refractivity contribution is -0.122. The van der Waals surface area contributed by atoms with Gasteiger partial charge < -0.3 is 16.0 Å². The molecule has 98 valence electrons. The van der Waals surface area contributed by atoms with Gasteiger partial charge in [0, 0.05) is 13.6 Å². The molecule has 8 heteroatoms. The van der Waals surface area contributed by atoms with Crippen LogP contribution in [-0.2, 0) is 4.79 Å². The van der Waals surface area contributed by atoms with Gasteiger partial charge >= 0.3 is 0 Å². The van der Waals surface area contributed by atoms with Crippen LogP contribution in [0.3, 0.4) is 0 Å². The summed E-state index contributed by atoms with van der Waals surface area (Å²) >= 11 is 5.76. The average Bonchev–Trinajstić information content (AvgIpc) is 2.36. The van der Waals surface area contributed by atoms with Gasteiger partial charge in [-0.25, -0.2) is 0 Å². The molecular formula is C10H15ClN6O. The second-order valence-electron chi connectivity index (χ2n) is 4.08. The fourth-order valence-corrected chi connectivity index (χ4v) is 2.26. The van der Waals surface area contributed by atoms with Crippen molar-refractivity contribution in [2.45, 2.75) is 25.3 Å². The summed E-state index contributed by atoms with van der Waals surface area (Å²) in [6.45, 7) is 0.706. The number of carbonyl (C=O) groups is 1. The SMILES string of the molecule is CNC(=O)C1CCCCN1c1nc(N)nc(Cl)n1. The zero-order valence-corrected chi connectivity index (χ0v) is 10.8. The number of likely N-dealkylation sites (N-methyl/N-ethyl adjacent to an activating group) is 1. The number of carbonyl (C=O) groups excluding carboxylic acids is 1. The number of amides is 1. The first-order valence-corrected chi connectivity index (χ1v) is 6.15. The molecule has 18 heavy (non-hydrogen) atoms. The van der Waals surface area contributed by atoms with Crippen molar-refractivity contribution < 1.29 is 4.79 Å². The molecule has 3 N–H and O–H groups in total. The van der Waals surface area contributed by atoms with Gasteiger partial charge in [0.15, 0.2) is 0 Å². The quantitative estimate of drug-likeness (QED) is 0.797. The summed E-state index contributed by atoms with van der Waals surface area (Å²) in [5.74, 6) is 0.372.